The van der Waals surface area contributed by atoms with E-state index in [1.54, 1.807) is 12.3 Å². The summed E-state index contributed by atoms with van der Waals surface area (Å²) in [5, 5.41) is 14.5. The first-order chi connectivity index (χ1) is 11.2. The summed E-state index contributed by atoms with van der Waals surface area (Å²) >= 11 is 0. The fourth-order valence-corrected chi connectivity index (χ4v) is 4.11. The summed E-state index contributed by atoms with van der Waals surface area (Å²) < 4.78 is 0. The van der Waals surface area contributed by atoms with E-state index in [1.165, 1.54) is 57.4 Å². The van der Waals surface area contributed by atoms with E-state index in [-0.39, 0.29) is 16.1 Å². The van der Waals surface area contributed by atoms with Gasteiger partial charge in [-0.2, -0.15) is 0 Å². The number of nitrogens with one attached hydrogen (secondary N) is 1. The minimum Gasteiger partial charge on any atom is -0.362 e. The highest BCUT2D eigenvalue weighted by Crippen LogP contribution is 2.36. The maximum absolute atomic E-state index is 11.2. The van der Waals surface area contributed by atoms with Gasteiger partial charge in [-0.05, 0) is 44.8 Å². The number of likely N-dealkylation sites (tertiary alicyclic amines) is 1. The van der Waals surface area contributed by atoms with Gasteiger partial charge in [0, 0.05) is 24.3 Å². The monoisotopic (exact) mass is 318 g/mol. The average molecular weight is 318 g/mol. The molecule has 1 saturated carbocycles. The third-order valence-corrected chi connectivity index (χ3v) is 5.38. The van der Waals surface area contributed by atoms with Gasteiger partial charge in [0.05, 0.1) is 4.92 Å². The average Bonchev–Trinajstić information content (AvgIpc) is 2.62. The van der Waals surface area contributed by atoms with Crippen molar-refractivity contribution in [1.29, 1.82) is 0 Å². The van der Waals surface area contributed by atoms with Crippen molar-refractivity contribution in [2.45, 2.75) is 56.9 Å². The molecule has 6 heteroatoms. The molecule has 1 aliphatic carbocycles. The molecule has 1 saturated heterocycles. The summed E-state index contributed by atoms with van der Waals surface area (Å²) in [5.74, 6) is 0.402. The fourth-order valence-electron chi connectivity index (χ4n) is 4.11. The van der Waals surface area contributed by atoms with Crippen LogP contribution in [0.4, 0.5) is 11.5 Å². The number of aromatic nitrogens is 1. The van der Waals surface area contributed by atoms with Crippen LogP contribution >= 0.6 is 0 Å². The highest BCUT2D eigenvalue weighted by Gasteiger charge is 2.38. The Morgan fingerprint density at radius 2 is 1.87 bits per heavy atom. The van der Waals surface area contributed by atoms with Crippen LogP contribution in [0.2, 0.25) is 0 Å². The maximum atomic E-state index is 11.2. The zero-order valence-corrected chi connectivity index (χ0v) is 13.7. The molecule has 3 rings (SSSR count). The first-order valence-electron chi connectivity index (χ1n) is 8.80. The third kappa shape index (κ3) is 3.63. The van der Waals surface area contributed by atoms with Gasteiger partial charge in [0.15, 0.2) is 0 Å². The predicted molar refractivity (Wildman–Crippen MR) is 90.6 cm³/mol. The van der Waals surface area contributed by atoms with Gasteiger partial charge in [-0.1, -0.05) is 25.7 Å². The summed E-state index contributed by atoms with van der Waals surface area (Å²) in [4.78, 5) is 17.6. The molecule has 2 heterocycles. The second-order valence-corrected chi connectivity index (χ2v) is 6.81. The van der Waals surface area contributed by atoms with E-state index in [4.69, 9.17) is 0 Å². The van der Waals surface area contributed by atoms with Gasteiger partial charge in [-0.25, -0.2) is 4.98 Å². The molecule has 6 nitrogen and oxygen atoms in total. The first kappa shape index (κ1) is 16.2. The van der Waals surface area contributed by atoms with Crippen LogP contribution in [-0.4, -0.2) is 40.0 Å². The van der Waals surface area contributed by atoms with Crippen molar-refractivity contribution in [1.82, 2.24) is 9.88 Å². The molecule has 2 aliphatic rings. The maximum Gasteiger partial charge on any atom is 0.311 e. The first-order valence-corrected chi connectivity index (χ1v) is 8.80. The molecule has 1 aromatic rings. The number of piperidine rings is 1. The summed E-state index contributed by atoms with van der Waals surface area (Å²) in [5.41, 5.74) is 0.210. The Balaban J connectivity index is 1.75. The number of pyridine rings is 1. The second-order valence-electron chi connectivity index (χ2n) is 6.81. The van der Waals surface area contributed by atoms with Crippen LogP contribution in [0.3, 0.4) is 0 Å². The van der Waals surface area contributed by atoms with Gasteiger partial charge >= 0.3 is 5.69 Å². The molecule has 1 N–H and O–H groups in total. The zero-order valence-electron chi connectivity index (χ0n) is 13.7. The van der Waals surface area contributed by atoms with Crippen LogP contribution in [0.1, 0.15) is 51.4 Å². The molecule has 1 aromatic heterocycles. The lowest BCUT2D eigenvalue weighted by Gasteiger charge is -2.48. The number of hydrogen-bond donors (Lipinski definition) is 1. The number of rotatable bonds is 5. The lowest BCUT2D eigenvalue weighted by atomic mass is 9.79. The van der Waals surface area contributed by atoms with Gasteiger partial charge in [0.25, 0.3) is 0 Å². The van der Waals surface area contributed by atoms with Crippen molar-refractivity contribution in [3.05, 3.63) is 28.4 Å². The van der Waals surface area contributed by atoms with Gasteiger partial charge < -0.3 is 5.32 Å². The van der Waals surface area contributed by atoms with Crippen LogP contribution in [0.15, 0.2) is 18.3 Å². The van der Waals surface area contributed by atoms with Crippen molar-refractivity contribution in [2.75, 3.05) is 25.0 Å². The minimum absolute atomic E-state index is 0.0668. The van der Waals surface area contributed by atoms with Crippen molar-refractivity contribution in [2.24, 2.45) is 0 Å². The molecule has 0 bridgehead atoms. The lowest BCUT2D eigenvalue weighted by Crippen LogP contribution is -2.56. The Labute approximate surface area is 137 Å². The SMILES string of the molecule is O=[N+]([O-])c1cccnc1NCC1(N2CCCCC2)CCCCC1. The van der Waals surface area contributed by atoms with E-state index in [0.717, 1.165) is 19.6 Å². The van der Waals surface area contributed by atoms with Crippen LogP contribution in [-0.2, 0) is 0 Å². The van der Waals surface area contributed by atoms with Crippen molar-refractivity contribution in [3.8, 4) is 0 Å². The predicted octanol–water partition coefficient (Wildman–Crippen LogP) is 3.59. The van der Waals surface area contributed by atoms with Crippen molar-refractivity contribution >= 4 is 11.5 Å². The largest absolute Gasteiger partial charge is 0.362 e. The van der Waals surface area contributed by atoms with E-state index in [0.29, 0.717) is 5.82 Å². The Kier molecular flexibility index (Phi) is 5.10. The van der Waals surface area contributed by atoms with Gasteiger partial charge in [-0.15, -0.1) is 0 Å². The summed E-state index contributed by atoms with van der Waals surface area (Å²) in [6.07, 6.45) is 11.7. The highest BCUT2D eigenvalue weighted by molar-refractivity contribution is 5.55. The van der Waals surface area contributed by atoms with Crippen molar-refractivity contribution in [3.63, 3.8) is 0 Å². The number of nitro groups is 1. The lowest BCUT2D eigenvalue weighted by molar-refractivity contribution is -0.384. The molecule has 0 amide bonds. The summed E-state index contributed by atoms with van der Waals surface area (Å²) in [7, 11) is 0. The Bertz CT molecular complexity index is 537. The Morgan fingerprint density at radius 1 is 1.17 bits per heavy atom. The molecule has 0 radical (unpaired) electrons. The topological polar surface area (TPSA) is 71.3 Å². The van der Waals surface area contributed by atoms with E-state index in [2.05, 4.69) is 15.2 Å². The molecular formula is C17H26N4O2. The molecule has 0 atom stereocenters. The van der Waals surface area contributed by atoms with Gasteiger partial charge in [0.1, 0.15) is 0 Å². The van der Waals surface area contributed by atoms with Gasteiger partial charge in [0.2, 0.25) is 5.82 Å². The van der Waals surface area contributed by atoms with E-state index in [9.17, 15) is 10.1 Å². The Morgan fingerprint density at radius 3 is 2.57 bits per heavy atom. The normalized spacial score (nSPS) is 21.7. The zero-order chi connectivity index (χ0) is 16.1. The molecule has 0 unspecified atom stereocenters. The molecule has 2 fully saturated rings. The van der Waals surface area contributed by atoms with Crippen LogP contribution in [0.25, 0.3) is 0 Å². The molecule has 126 valence electrons. The summed E-state index contributed by atoms with van der Waals surface area (Å²) in [6.45, 7) is 3.07. The van der Waals surface area contributed by atoms with Gasteiger partial charge in [-0.3, -0.25) is 15.0 Å². The van der Waals surface area contributed by atoms with Crippen LogP contribution in [0.5, 0.6) is 0 Å². The van der Waals surface area contributed by atoms with Crippen LogP contribution in [0, 0.1) is 10.1 Å². The Hall–Kier alpha value is -1.69. The smallest absolute Gasteiger partial charge is 0.311 e. The fraction of sp³-hybridized carbons (Fsp3) is 0.706. The summed E-state index contributed by atoms with van der Waals surface area (Å²) in [6, 6.07) is 3.13. The highest BCUT2D eigenvalue weighted by atomic mass is 16.6. The quantitative estimate of drug-likeness (QED) is 0.663. The molecular weight excluding hydrogens is 292 g/mol. The van der Waals surface area contributed by atoms with E-state index >= 15 is 0 Å². The molecule has 0 spiro atoms. The third-order valence-electron chi connectivity index (χ3n) is 5.38. The molecule has 1 aliphatic heterocycles. The van der Waals surface area contributed by atoms with E-state index in [1.807, 2.05) is 0 Å². The number of anilines is 1. The molecule has 0 aromatic carbocycles. The minimum atomic E-state index is -0.357. The number of nitrogens with zero attached hydrogens (tertiary/aromatic N) is 3. The van der Waals surface area contributed by atoms with Crippen molar-refractivity contribution < 1.29 is 4.92 Å². The van der Waals surface area contributed by atoms with Crippen LogP contribution < -0.4 is 5.32 Å². The second kappa shape index (κ2) is 7.25. The standard InChI is InChI=1S/C17H26N4O2/c22-21(23)15-8-7-11-18-16(15)19-14-17(9-3-1-4-10-17)20-12-5-2-6-13-20/h7-8,11H,1-6,9-10,12-14H2,(H,18,19). The van der Waals surface area contributed by atoms with E-state index < -0.39 is 0 Å². The number of hydrogen-bond acceptors (Lipinski definition) is 5. The molecule has 23 heavy (non-hydrogen) atoms.